The molecule has 2 aromatic carbocycles. The Labute approximate surface area is 163 Å². The summed E-state index contributed by atoms with van der Waals surface area (Å²) >= 11 is 0. The van der Waals surface area contributed by atoms with Gasteiger partial charge in [-0.3, -0.25) is 4.79 Å². The molecule has 7 nitrogen and oxygen atoms in total. The highest BCUT2D eigenvalue weighted by atomic mass is 16.5. The fraction of sp³-hybridized carbons (Fsp3) is 0.238. The van der Waals surface area contributed by atoms with Gasteiger partial charge >= 0.3 is 0 Å². The fourth-order valence-corrected chi connectivity index (χ4v) is 2.61. The lowest BCUT2D eigenvalue weighted by molar-refractivity contribution is -0.123. The number of methoxy groups -OCH3 is 2. The molecule has 0 aliphatic carbocycles. The van der Waals surface area contributed by atoms with E-state index in [1.807, 2.05) is 37.3 Å². The average Bonchev–Trinajstić information content (AvgIpc) is 3.19. The van der Waals surface area contributed by atoms with Crippen LogP contribution in [0.4, 0.5) is 0 Å². The van der Waals surface area contributed by atoms with Gasteiger partial charge in [-0.05, 0) is 42.8 Å². The van der Waals surface area contributed by atoms with E-state index in [4.69, 9.17) is 18.7 Å². The predicted octanol–water partition coefficient (Wildman–Crippen LogP) is 3.36. The molecule has 0 radical (unpaired) electrons. The lowest BCUT2D eigenvalue weighted by atomic mass is 10.1. The first-order valence-electron chi connectivity index (χ1n) is 8.73. The van der Waals surface area contributed by atoms with Crippen molar-refractivity contribution in [1.82, 2.24) is 10.5 Å². The number of hydrogen-bond donors (Lipinski definition) is 1. The standard InChI is InChI=1S/C21H22N2O5/c1-14-5-4-6-17(9-14)27-13-21(24)22-12-16-11-19(28-23-16)15-7-8-18(25-2)20(10-15)26-3/h4-11H,12-13H2,1-3H3,(H,22,24). The average molecular weight is 382 g/mol. The van der Waals surface area contributed by atoms with Gasteiger partial charge in [0.1, 0.15) is 11.4 Å². The molecule has 0 aliphatic heterocycles. The number of nitrogens with one attached hydrogen (secondary N) is 1. The van der Waals surface area contributed by atoms with Crippen LogP contribution in [0.3, 0.4) is 0 Å². The third-order valence-corrected chi connectivity index (χ3v) is 4.05. The van der Waals surface area contributed by atoms with Crippen molar-refractivity contribution >= 4 is 5.91 Å². The van der Waals surface area contributed by atoms with Gasteiger partial charge in [-0.2, -0.15) is 0 Å². The van der Waals surface area contributed by atoms with Gasteiger partial charge in [0.15, 0.2) is 23.9 Å². The first kappa shape index (κ1) is 19.3. The second kappa shape index (κ2) is 8.94. The quantitative estimate of drug-likeness (QED) is 0.643. The Bertz CT molecular complexity index is 951. The van der Waals surface area contributed by atoms with E-state index in [1.54, 1.807) is 32.4 Å². The first-order valence-corrected chi connectivity index (χ1v) is 8.73. The number of amides is 1. The maximum absolute atomic E-state index is 12.0. The number of hydrogen-bond acceptors (Lipinski definition) is 6. The number of carbonyl (C=O) groups is 1. The molecule has 3 aromatic rings. The number of aromatic nitrogens is 1. The van der Waals surface area contributed by atoms with E-state index in [0.29, 0.717) is 28.7 Å². The fourth-order valence-electron chi connectivity index (χ4n) is 2.61. The van der Waals surface area contributed by atoms with Crippen LogP contribution in [0.2, 0.25) is 0 Å². The Morgan fingerprint density at radius 1 is 1.07 bits per heavy atom. The zero-order chi connectivity index (χ0) is 19.9. The zero-order valence-corrected chi connectivity index (χ0v) is 16.0. The van der Waals surface area contributed by atoms with Crippen LogP contribution in [0.5, 0.6) is 17.2 Å². The SMILES string of the molecule is COc1ccc(-c2cc(CNC(=O)COc3cccc(C)c3)no2)cc1OC. The van der Waals surface area contributed by atoms with E-state index in [1.165, 1.54) is 0 Å². The van der Waals surface area contributed by atoms with Crippen LogP contribution in [0.1, 0.15) is 11.3 Å². The van der Waals surface area contributed by atoms with Crippen molar-refractivity contribution in [2.75, 3.05) is 20.8 Å². The Morgan fingerprint density at radius 2 is 1.89 bits per heavy atom. The summed E-state index contributed by atoms with van der Waals surface area (Å²) in [5, 5.41) is 6.75. The Balaban J connectivity index is 1.55. The summed E-state index contributed by atoms with van der Waals surface area (Å²) in [6.07, 6.45) is 0. The van der Waals surface area contributed by atoms with Crippen LogP contribution < -0.4 is 19.5 Å². The zero-order valence-electron chi connectivity index (χ0n) is 16.0. The Hall–Kier alpha value is -3.48. The summed E-state index contributed by atoms with van der Waals surface area (Å²) in [5.41, 5.74) is 2.47. The first-order chi connectivity index (χ1) is 13.6. The van der Waals surface area contributed by atoms with Crippen molar-refractivity contribution in [3.8, 4) is 28.6 Å². The largest absolute Gasteiger partial charge is 0.493 e. The number of aryl methyl sites for hydroxylation is 1. The molecule has 0 saturated heterocycles. The molecule has 0 bridgehead atoms. The molecule has 3 rings (SSSR count). The molecule has 0 atom stereocenters. The summed E-state index contributed by atoms with van der Waals surface area (Å²) in [6.45, 7) is 2.14. The minimum Gasteiger partial charge on any atom is -0.493 e. The van der Waals surface area contributed by atoms with Crippen LogP contribution >= 0.6 is 0 Å². The van der Waals surface area contributed by atoms with Gasteiger partial charge in [-0.15, -0.1) is 0 Å². The highest BCUT2D eigenvalue weighted by Crippen LogP contribution is 2.32. The summed E-state index contributed by atoms with van der Waals surface area (Å²) in [5.74, 6) is 2.22. The van der Waals surface area contributed by atoms with E-state index in [0.717, 1.165) is 11.1 Å². The van der Waals surface area contributed by atoms with Crippen molar-refractivity contribution < 1.29 is 23.5 Å². The summed E-state index contributed by atoms with van der Waals surface area (Å²) < 4.78 is 21.4. The van der Waals surface area contributed by atoms with Crippen LogP contribution in [0.15, 0.2) is 53.1 Å². The molecule has 0 spiro atoms. The van der Waals surface area contributed by atoms with Gasteiger partial charge in [0.05, 0.1) is 20.8 Å². The van der Waals surface area contributed by atoms with Crippen LogP contribution in [-0.4, -0.2) is 31.9 Å². The van der Waals surface area contributed by atoms with E-state index >= 15 is 0 Å². The number of nitrogens with zero attached hydrogens (tertiary/aromatic N) is 1. The van der Waals surface area contributed by atoms with Crippen molar-refractivity contribution in [3.63, 3.8) is 0 Å². The van der Waals surface area contributed by atoms with Crippen LogP contribution in [-0.2, 0) is 11.3 Å². The topological polar surface area (TPSA) is 82.8 Å². The summed E-state index contributed by atoms with van der Waals surface area (Å²) in [4.78, 5) is 12.0. The monoisotopic (exact) mass is 382 g/mol. The second-order valence-electron chi connectivity index (χ2n) is 6.13. The lowest BCUT2D eigenvalue weighted by Crippen LogP contribution is -2.28. The summed E-state index contributed by atoms with van der Waals surface area (Å²) in [7, 11) is 3.15. The molecule has 1 N–H and O–H groups in total. The number of carbonyl (C=O) groups excluding carboxylic acids is 1. The summed E-state index contributed by atoms with van der Waals surface area (Å²) in [6, 6.07) is 14.7. The minimum absolute atomic E-state index is 0.0656. The number of benzene rings is 2. The third-order valence-electron chi connectivity index (χ3n) is 4.05. The molecule has 0 unspecified atom stereocenters. The molecule has 7 heteroatoms. The second-order valence-corrected chi connectivity index (χ2v) is 6.13. The minimum atomic E-state index is -0.239. The maximum Gasteiger partial charge on any atom is 0.258 e. The number of rotatable bonds is 8. The van der Waals surface area contributed by atoms with Crippen molar-refractivity contribution in [2.24, 2.45) is 0 Å². The molecule has 146 valence electrons. The molecule has 1 aromatic heterocycles. The molecule has 0 aliphatic rings. The molecule has 0 fully saturated rings. The van der Waals surface area contributed by atoms with E-state index in [2.05, 4.69) is 10.5 Å². The third kappa shape index (κ3) is 4.82. The van der Waals surface area contributed by atoms with E-state index in [-0.39, 0.29) is 19.1 Å². The molecule has 1 heterocycles. The van der Waals surface area contributed by atoms with Gasteiger partial charge in [-0.1, -0.05) is 17.3 Å². The lowest BCUT2D eigenvalue weighted by Gasteiger charge is -2.07. The van der Waals surface area contributed by atoms with E-state index in [9.17, 15) is 4.79 Å². The molecule has 0 saturated carbocycles. The molecular formula is C21H22N2O5. The van der Waals surface area contributed by atoms with Crippen molar-refractivity contribution in [1.29, 1.82) is 0 Å². The Morgan fingerprint density at radius 3 is 2.64 bits per heavy atom. The molecular weight excluding hydrogens is 360 g/mol. The highest BCUT2D eigenvalue weighted by Gasteiger charge is 2.12. The van der Waals surface area contributed by atoms with Crippen LogP contribution in [0.25, 0.3) is 11.3 Å². The van der Waals surface area contributed by atoms with Crippen molar-refractivity contribution in [3.05, 3.63) is 59.8 Å². The maximum atomic E-state index is 12.0. The normalized spacial score (nSPS) is 10.4. The van der Waals surface area contributed by atoms with Gasteiger partial charge in [0.25, 0.3) is 5.91 Å². The molecule has 1 amide bonds. The molecule has 28 heavy (non-hydrogen) atoms. The smallest absolute Gasteiger partial charge is 0.258 e. The van der Waals surface area contributed by atoms with E-state index < -0.39 is 0 Å². The van der Waals surface area contributed by atoms with Crippen molar-refractivity contribution in [2.45, 2.75) is 13.5 Å². The predicted molar refractivity (Wildman–Crippen MR) is 104 cm³/mol. The Kier molecular flexibility index (Phi) is 6.16. The van der Waals surface area contributed by atoms with Gasteiger partial charge in [-0.25, -0.2) is 0 Å². The highest BCUT2D eigenvalue weighted by molar-refractivity contribution is 5.77. The van der Waals surface area contributed by atoms with Gasteiger partial charge in [0.2, 0.25) is 0 Å². The number of ether oxygens (including phenoxy) is 3. The van der Waals surface area contributed by atoms with Gasteiger partial charge in [0, 0.05) is 11.6 Å². The van der Waals surface area contributed by atoms with Gasteiger partial charge < -0.3 is 24.1 Å². The van der Waals surface area contributed by atoms with Crippen LogP contribution in [0, 0.1) is 6.92 Å².